The molecule has 114 valence electrons. The second kappa shape index (κ2) is 6.25. The van der Waals surface area contributed by atoms with Crippen molar-refractivity contribution in [3.63, 3.8) is 0 Å². The van der Waals surface area contributed by atoms with E-state index >= 15 is 0 Å². The summed E-state index contributed by atoms with van der Waals surface area (Å²) in [7, 11) is 0. The fourth-order valence-corrected chi connectivity index (χ4v) is 3.00. The van der Waals surface area contributed by atoms with Gasteiger partial charge in [0.25, 0.3) is 0 Å². The Morgan fingerprint density at radius 3 is 2.35 bits per heavy atom. The quantitative estimate of drug-likeness (QED) is 0.908. The lowest BCUT2D eigenvalue weighted by atomic mass is 9.70. The molecule has 1 fully saturated rings. The number of hydrogen-bond donors (Lipinski definition) is 1. The molecule has 0 bridgehead atoms. The van der Waals surface area contributed by atoms with Gasteiger partial charge in [0.15, 0.2) is 0 Å². The van der Waals surface area contributed by atoms with Gasteiger partial charge in [-0.25, -0.2) is 0 Å². The van der Waals surface area contributed by atoms with Gasteiger partial charge >= 0.3 is 0 Å². The first kappa shape index (κ1) is 15.5. The second-order valence-electron chi connectivity index (χ2n) is 7.48. The largest absolute Gasteiger partial charge is 0.424 e. The van der Waals surface area contributed by atoms with E-state index in [2.05, 4.69) is 50.1 Å². The van der Waals surface area contributed by atoms with Crippen LogP contribution in [0.3, 0.4) is 0 Å². The summed E-state index contributed by atoms with van der Waals surface area (Å²) in [6.07, 6.45) is 4.91. The summed E-state index contributed by atoms with van der Waals surface area (Å²) in [6, 6.07) is 0.438. The molecule has 20 heavy (non-hydrogen) atoms. The first-order valence-electron chi connectivity index (χ1n) is 7.92. The third-order valence-corrected chi connectivity index (χ3v) is 4.45. The van der Waals surface area contributed by atoms with Crippen LogP contribution in [0.5, 0.6) is 0 Å². The zero-order valence-electron chi connectivity index (χ0n) is 13.6. The van der Waals surface area contributed by atoms with Crippen molar-refractivity contribution in [3.8, 4) is 0 Å². The van der Waals surface area contributed by atoms with Crippen LogP contribution in [0.25, 0.3) is 0 Å². The van der Waals surface area contributed by atoms with E-state index in [1.807, 2.05) is 0 Å². The van der Waals surface area contributed by atoms with E-state index < -0.39 is 0 Å². The normalized spacial score (nSPS) is 24.3. The first-order valence-corrected chi connectivity index (χ1v) is 7.92. The molecule has 0 radical (unpaired) electrons. The van der Waals surface area contributed by atoms with Crippen molar-refractivity contribution in [1.82, 2.24) is 15.5 Å². The fraction of sp³-hybridized carbons (Fsp3) is 0.875. The average molecular weight is 279 g/mol. The first-order chi connectivity index (χ1) is 9.36. The molecule has 4 heteroatoms. The molecule has 1 N–H and O–H groups in total. The van der Waals surface area contributed by atoms with Crippen LogP contribution in [0.15, 0.2) is 4.42 Å². The topological polar surface area (TPSA) is 51.0 Å². The van der Waals surface area contributed by atoms with Crippen LogP contribution >= 0.6 is 0 Å². The van der Waals surface area contributed by atoms with Gasteiger partial charge in [-0.05, 0) is 37.0 Å². The van der Waals surface area contributed by atoms with Crippen molar-refractivity contribution in [1.29, 1.82) is 0 Å². The Kier molecular flexibility index (Phi) is 4.84. The predicted octanol–water partition coefficient (Wildman–Crippen LogP) is 3.89. The number of aromatic nitrogens is 2. The van der Waals surface area contributed by atoms with E-state index in [1.165, 1.54) is 25.7 Å². The van der Waals surface area contributed by atoms with Gasteiger partial charge in [-0.2, -0.15) is 0 Å². The molecule has 0 atom stereocenters. The maximum Gasteiger partial charge on any atom is 0.230 e. The minimum Gasteiger partial charge on any atom is -0.424 e. The molecule has 2 rings (SSSR count). The van der Waals surface area contributed by atoms with Crippen LogP contribution in [0.1, 0.15) is 78.0 Å². The fourth-order valence-electron chi connectivity index (χ4n) is 3.00. The Balaban J connectivity index is 1.88. The number of rotatable bonds is 4. The van der Waals surface area contributed by atoms with Crippen LogP contribution in [0.2, 0.25) is 0 Å². The highest BCUT2D eigenvalue weighted by Gasteiger charge is 2.32. The molecule has 1 heterocycles. The van der Waals surface area contributed by atoms with E-state index in [0.29, 0.717) is 29.8 Å². The van der Waals surface area contributed by atoms with Gasteiger partial charge in [0, 0.05) is 12.0 Å². The molecule has 0 saturated heterocycles. The molecule has 0 aromatic carbocycles. The summed E-state index contributed by atoms with van der Waals surface area (Å²) >= 11 is 0. The van der Waals surface area contributed by atoms with E-state index in [-0.39, 0.29) is 0 Å². The van der Waals surface area contributed by atoms with Crippen LogP contribution in [-0.4, -0.2) is 16.2 Å². The van der Waals surface area contributed by atoms with E-state index in [1.54, 1.807) is 0 Å². The predicted molar refractivity (Wildman–Crippen MR) is 80.4 cm³/mol. The minimum atomic E-state index is 0.423. The summed E-state index contributed by atoms with van der Waals surface area (Å²) < 4.78 is 5.81. The standard InChI is InChI=1S/C16H29N3O/c1-11(2)17-10-14-18-19-15(20-14)12-6-8-13(9-7-12)16(3,4)5/h11-13,17H,6-10H2,1-5H3. The van der Waals surface area contributed by atoms with Gasteiger partial charge in [-0.3, -0.25) is 0 Å². The molecule has 0 amide bonds. The summed E-state index contributed by atoms with van der Waals surface area (Å²) in [5.74, 6) is 2.85. The third kappa shape index (κ3) is 4.05. The van der Waals surface area contributed by atoms with E-state index in [9.17, 15) is 0 Å². The van der Waals surface area contributed by atoms with Crippen LogP contribution < -0.4 is 5.32 Å². The summed E-state index contributed by atoms with van der Waals surface area (Å²) in [5.41, 5.74) is 0.423. The maximum atomic E-state index is 5.81. The third-order valence-electron chi connectivity index (χ3n) is 4.45. The molecule has 1 saturated carbocycles. The molecule has 4 nitrogen and oxygen atoms in total. The summed E-state index contributed by atoms with van der Waals surface area (Å²) in [5, 5.41) is 11.7. The van der Waals surface area contributed by atoms with Crippen molar-refractivity contribution in [2.24, 2.45) is 11.3 Å². The SMILES string of the molecule is CC(C)NCc1nnc(C2CCC(C(C)(C)C)CC2)o1. The molecule has 1 aliphatic carbocycles. The van der Waals surface area contributed by atoms with Crippen molar-refractivity contribution in [2.75, 3.05) is 0 Å². The summed E-state index contributed by atoms with van der Waals surface area (Å²) in [6.45, 7) is 11.9. The average Bonchev–Trinajstić information content (AvgIpc) is 2.84. The van der Waals surface area contributed by atoms with Crippen LogP contribution in [0.4, 0.5) is 0 Å². The van der Waals surface area contributed by atoms with Gasteiger partial charge in [-0.15, -0.1) is 10.2 Å². The van der Waals surface area contributed by atoms with Crippen LogP contribution in [0, 0.1) is 11.3 Å². The highest BCUT2D eigenvalue weighted by atomic mass is 16.4. The molecular weight excluding hydrogens is 250 g/mol. The monoisotopic (exact) mass is 279 g/mol. The lowest BCUT2D eigenvalue weighted by Crippen LogP contribution is -2.25. The van der Waals surface area contributed by atoms with Crippen molar-refractivity contribution in [3.05, 3.63) is 11.8 Å². The zero-order chi connectivity index (χ0) is 14.8. The lowest BCUT2D eigenvalue weighted by molar-refractivity contribution is 0.161. The van der Waals surface area contributed by atoms with E-state index in [4.69, 9.17) is 4.42 Å². The highest BCUT2D eigenvalue weighted by molar-refractivity contribution is 4.95. The van der Waals surface area contributed by atoms with Gasteiger partial charge in [0.2, 0.25) is 11.8 Å². The summed E-state index contributed by atoms with van der Waals surface area (Å²) in [4.78, 5) is 0. The Bertz CT molecular complexity index is 412. The molecule has 0 unspecified atom stereocenters. The van der Waals surface area contributed by atoms with Crippen LogP contribution in [-0.2, 0) is 6.54 Å². The van der Waals surface area contributed by atoms with Gasteiger partial charge in [0.05, 0.1) is 6.54 Å². The van der Waals surface area contributed by atoms with Gasteiger partial charge < -0.3 is 9.73 Å². The number of nitrogens with zero attached hydrogens (tertiary/aromatic N) is 2. The molecule has 1 aliphatic rings. The molecule has 0 spiro atoms. The van der Waals surface area contributed by atoms with Crippen molar-refractivity contribution < 1.29 is 4.42 Å². The Labute approximate surface area is 122 Å². The van der Waals surface area contributed by atoms with Gasteiger partial charge in [-0.1, -0.05) is 34.6 Å². The lowest BCUT2D eigenvalue weighted by Gasteiger charge is -2.36. The minimum absolute atomic E-state index is 0.423. The molecule has 0 aliphatic heterocycles. The van der Waals surface area contributed by atoms with Crippen molar-refractivity contribution >= 4 is 0 Å². The smallest absolute Gasteiger partial charge is 0.230 e. The van der Waals surface area contributed by atoms with Gasteiger partial charge in [0.1, 0.15) is 0 Å². The highest BCUT2D eigenvalue weighted by Crippen LogP contribution is 2.42. The molecule has 1 aromatic rings. The second-order valence-corrected chi connectivity index (χ2v) is 7.48. The molecule has 1 aromatic heterocycles. The zero-order valence-corrected chi connectivity index (χ0v) is 13.6. The Morgan fingerprint density at radius 2 is 1.80 bits per heavy atom. The van der Waals surface area contributed by atoms with Crippen molar-refractivity contribution in [2.45, 2.75) is 78.8 Å². The number of hydrogen-bond acceptors (Lipinski definition) is 4. The Morgan fingerprint density at radius 1 is 1.15 bits per heavy atom. The Hall–Kier alpha value is -0.900. The van der Waals surface area contributed by atoms with E-state index in [0.717, 1.165) is 11.8 Å². The maximum absolute atomic E-state index is 5.81. The molecular formula is C16H29N3O. The number of nitrogens with one attached hydrogen (secondary N) is 1.